The second-order valence-electron chi connectivity index (χ2n) is 23.1. The van der Waals surface area contributed by atoms with Gasteiger partial charge < -0.3 is 18.3 Å². The highest BCUT2D eigenvalue weighted by atomic mass is 15.1. The molecule has 0 aliphatic heterocycles. The Morgan fingerprint density at radius 3 is 1.32 bits per heavy atom. The molecule has 0 radical (unpaired) electrons. The van der Waals surface area contributed by atoms with E-state index in [0.717, 1.165) is 46.5 Å². The smallest absolute Gasteiger partial charge is 0.100 e. The van der Waals surface area contributed by atoms with E-state index in [2.05, 4.69) is 154 Å². The van der Waals surface area contributed by atoms with E-state index in [9.17, 15) is 0 Å². The summed E-state index contributed by atoms with van der Waals surface area (Å²) < 4.78 is 9.48. The van der Waals surface area contributed by atoms with E-state index in [1.165, 1.54) is 112 Å². The molecule has 0 N–H and O–H groups in total. The molecule has 4 aromatic heterocycles. The Balaban J connectivity index is 0.000000145. The van der Waals surface area contributed by atoms with Crippen LogP contribution in [0.5, 0.6) is 0 Å². The van der Waals surface area contributed by atoms with Crippen LogP contribution in [-0.2, 0) is 0 Å². The Kier molecular flexibility index (Phi) is 11.1. The molecular weight excluding hydrogens is 833 g/mol. The zero-order valence-electron chi connectivity index (χ0n) is 39.6. The Morgan fingerprint density at radius 1 is 0.471 bits per heavy atom. The first kappa shape index (κ1) is 45.2. The Hall–Kier alpha value is -5.24. The van der Waals surface area contributed by atoms with Crippen LogP contribution < -0.4 is 0 Å². The molecule has 0 spiro atoms. The third kappa shape index (κ3) is 6.64. The van der Waals surface area contributed by atoms with Crippen LogP contribution in [-0.4, -0.2) is 38.2 Å². The summed E-state index contributed by atoms with van der Waals surface area (Å²) in [6.07, 6.45) is 44.6. The molecule has 6 aromatic rings. The van der Waals surface area contributed by atoms with Gasteiger partial charge in [0.1, 0.15) is 12.7 Å². The number of imidazole rings is 4. The predicted octanol–water partition coefficient (Wildman–Crippen LogP) is 15.0. The van der Waals surface area contributed by atoms with Crippen molar-refractivity contribution >= 4 is 33.5 Å². The Morgan fingerprint density at radius 2 is 0.897 bits per heavy atom. The summed E-state index contributed by atoms with van der Waals surface area (Å²) in [5.41, 5.74) is 12.5. The first-order valence-electron chi connectivity index (χ1n) is 25.8. The zero-order chi connectivity index (χ0) is 44.4. The van der Waals surface area contributed by atoms with Gasteiger partial charge in [-0.1, -0.05) is 102 Å². The monoisotopic (exact) mass is 909 g/mol. The van der Waals surface area contributed by atoms with Gasteiger partial charge in [0.2, 0.25) is 0 Å². The lowest BCUT2D eigenvalue weighted by atomic mass is 9.47. The molecule has 8 aliphatic carbocycles. The van der Waals surface area contributed by atoms with Crippen molar-refractivity contribution in [1.82, 2.24) is 38.2 Å². The molecule has 4 saturated carbocycles. The molecule has 0 saturated heterocycles. The second kappa shape index (κ2) is 16.7. The third-order valence-electron chi connectivity index (χ3n) is 20.6. The number of benzene rings is 2. The minimum atomic E-state index is 0. The van der Waals surface area contributed by atoms with Crippen molar-refractivity contribution in [3.05, 3.63) is 134 Å². The molecule has 8 nitrogen and oxygen atoms in total. The molecule has 8 heteroatoms. The molecule has 8 aliphatic rings. The van der Waals surface area contributed by atoms with Crippen molar-refractivity contribution in [1.29, 1.82) is 0 Å². The number of nitrogens with zero attached hydrogens (tertiary/aromatic N) is 8. The number of hydrogen-bond donors (Lipinski definition) is 0. The van der Waals surface area contributed by atoms with Crippen molar-refractivity contribution in [2.24, 2.45) is 57.2 Å². The highest BCUT2D eigenvalue weighted by Crippen LogP contribution is 2.68. The lowest BCUT2D eigenvalue weighted by Gasteiger charge is -2.58. The van der Waals surface area contributed by atoms with E-state index in [0.29, 0.717) is 22.9 Å². The summed E-state index contributed by atoms with van der Waals surface area (Å²) in [5, 5.41) is 0. The summed E-state index contributed by atoms with van der Waals surface area (Å²) in [5.74, 6) is 4.73. The van der Waals surface area contributed by atoms with Crippen LogP contribution in [0.1, 0.15) is 145 Å². The zero-order valence-corrected chi connectivity index (χ0v) is 39.6. The van der Waals surface area contributed by atoms with E-state index < -0.39 is 0 Å². The summed E-state index contributed by atoms with van der Waals surface area (Å²) in [6, 6.07) is 18.3. The normalized spacial score (nSPS) is 36.6. The van der Waals surface area contributed by atoms with Crippen molar-refractivity contribution in [2.75, 3.05) is 0 Å². The standard InChI is InChI=1S/2C29H34N4.2CH4/c2*1-28-13-11-21(32-16-15-30-18-32)17-20(28)7-8-22-23-9-10-27(29(23,2)14-12-24(22)28)33-19-31-25-5-3-4-6-26(25)33;;/h2*3-7,10,15-16,18-19,21-24H,8-9,11-14,17H2,1-2H3;2*1H4/t21-,22?,23?,24?,28+,29+;21-,22?,23?,24?,28-,29-;;/m10../s1. The van der Waals surface area contributed by atoms with Crippen molar-refractivity contribution in [2.45, 2.75) is 145 Å². The van der Waals surface area contributed by atoms with Gasteiger partial charge in [-0.3, -0.25) is 0 Å². The van der Waals surface area contributed by atoms with E-state index >= 15 is 0 Å². The largest absolute Gasteiger partial charge is 0.334 e. The third-order valence-corrected chi connectivity index (χ3v) is 20.6. The summed E-state index contributed by atoms with van der Waals surface area (Å²) in [7, 11) is 0. The molecule has 12 atom stereocenters. The average Bonchev–Trinajstić information content (AvgIpc) is 4.21. The van der Waals surface area contributed by atoms with Gasteiger partial charge in [-0.25, -0.2) is 19.9 Å². The van der Waals surface area contributed by atoms with Gasteiger partial charge in [-0.05, 0) is 160 Å². The fraction of sp³-hybridized carbons (Fsp3) is 0.533. The maximum Gasteiger partial charge on any atom is 0.100 e. The van der Waals surface area contributed by atoms with Crippen molar-refractivity contribution in [3.8, 4) is 0 Å². The molecule has 4 heterocycles. The lowest BCUT2D eigenvalue weighted by Crippen LogP contribution is -2.49. The van der Waals surface area contributed by atoms with Crippen LogP contribution in [0.15, 0.2) is 134 Å². The minimum Gasteiger partial charge on any atom is -0.334 e. The number of aromatic nitrogens is 8. The van der Waals surface area contributed by atoms with Gasteiger partial charge in [-0.15, -0.1) is 0 Å². The predicted molar refractivity (Wildman–Crippen MR) is 278 cm³/mol. The van der Waals surface area contributed by atoms with Gasteiger partial charge in [0.25, 0.3) is 0 Å². The second-order valence-corrected chi connectivity index (χ2v) is 23.1. The summed E-state index contributed by atoms with van der Waals surface area (Å²) >= 11 is 0. The van der Waals surface area contributed by atoms with Gasteiger partial charge in [0, 0.05) is 59.1 Å². The quantitative estimate of drug-likeness (QED) is 0.165. The Bertz CT molecular complexity index is 2730. The molecule has 68 heavy (non-hydrogen) atoms. The molecule has 356 valence electrons. The van der Waals surface area contributed by atoms with E-state index in [-0.39, 0.29) is 25.7 Å². The first-order valence-corrected chi connectivity index (χ1v) is 25.8. The van der Waals surface area contributed by atoms with Gasteiger partial charge in [0.05, 0.1) is 34.7 Å². The van der Waals surface area contributed by atoms with Crippen molar-refractivity contribution in [3.63, 3.8) is 0 Å². The molecule has 0 amide bonds. The van der Waals surface area contributed by atoms with E-state index in [1.807, 2.05) is 25.0 Å². The molecule has 0 bridgehead atoms. The van der Waals surface area contributed by atoms with Crippen LogP contribution in [0.2, 0.25) is 0 Å². The van der Waals surface area contributed by atoms with E-state index in [1.54, 1.807) is 11.1 Å². The molecule has 14 rings (SSSR count). The maximum atomic E-state index is 4.71. The molecule has 4 fully saturated rings. The lowest BCUT2D eigenvalue weighted by molar-refractivity contribution is -0.0152. The fourth-order valence-corrected chi connectivity index (χ4v) is 16.9. The van der Waals surface area contributed by atoms with Gasteiger partial charge in [0.15, 0.2) is 0 Å². The molecular formula is C60H76N8. The van der Waals surface area contributed by atoms with Crippen molar-refractivity contribution < 1.29 is 0 Å². The number of rotatable bonds is 4. The molecule has 2 aromatic carbocycles. The van der Waals surface area contributed by atoms with Crippen LogP contribution in [0.3, 0.4) is 0 Å². The number of hydrogen-bond acceptors (Lipinski definition) is 4. The van der Waals surface area contributed by atoms with Gasteiger partial charge >= 0.3 is 0 Å². The highest BCUT2D eigenvalue weighted by Gasteiger charge is 2.59. The minimum absolute atomic E-state index is 0. The number of fused-ring (bicyclic) bond motifs is 12. The number of allylic oxidation sites excluding steroid dienone is 8. The van der Waals surface area contributed by atoms with Crippen LogP contribution >= 0.6 is 0 Å². The maximum absolute atomic E-state index is 4.71. The Labute approximate surface area is 405 Å². The topological polar surface area (TPSA) is 71.3 Å². The fourth-order valence-electron chi connectivity index (χ4n) is 16.9. The summed E-state index contributed by atoms with van der Waals surface area (Å²) in [4.78, 5) is 18.0. The highest BCUT2D eigenvalue weighted by molar-refractivity contribution is 5.81. The SMILES string of the molecule is C.C.C[C@]12CC[C@@H](n3ccnc3)CC1=CCC1C2CC[C@]2(C)C(n3cnc4ccccc43)=CCC12.C[C@]12CC[C@H](n3ccnc3)CC1=CCC1C2CC[C@]2(C)C(n3cnc4ccccc43)=CCC12. The van der Waals surface area contributed by atoms with Crippen LogP contribution in [0.4, 0.5) is 0 Å². The average molecular weight is 909 g/mol. The first-order chi connectivity index (χ1) is 32.2. The van der Waals surface area contributed by atoms with E-state index in [4.69, 9.17) is 9.97 Å². The number of para-hydroxylation sites is 4. The van der Waals surface area contributed by atoms with Crippen LogP contribution in [0, 0.1) is 57.2 Å². The summed E-state index contributed by atoms with van der Waals surface area (Å²) in [6.45, 7) is 10.3. The van der Waals surface area contributed by atoms with Gasteiger partial charge in [-0.2, -0.15) is 0 Å². The molecule has 6 unspecified atom stereocenters. The van der Waals surface area contributed by atoms with Crippen LogP contribution in [0.25, 0.3) is 33.5 Å².